The van der Waals surface area contributed by atoms with E-state index in [1.165, 1.54) is 0 Å². The van der Waals surface area contributed by atoms with Crippen LogP contribution in [0.2, 0.25) is 0 Å². The van der Waals surface area contributed by atoms with Crippen LogP contribution in [0.4, 0.5) is 0 Å². The molecule has 3 atom stereocenters. The van der Waals surface area contributed by atoms with Crippen LogP contribution >= 0.6 is 0 Å². The normalized spacial score (nSPS) is 14.3. The molecule has 0 saturated carbocycles. The molecule has 0 spiro atoms. The van der Waals surface area contributed by atoms with Crippen LogP contribution < -0.4 is 22.1 Å². The number of nitrogens with two attached hydrogens (primary N) is 2. The lowest BCUT2D eigenvalue weighted by Crippen LogP contribution is -2.54. The SMILES string of the molecule is CC(C)C[C@H](N)C(=O)N[C@@H](CCCCN)C(=O)N[C@@H](CCC(=O)O)C(=O)O. The molecule has 0 rings (SSSR count). The van der Waals surface area contributed by atoms with E-state index in [2.05, 4.69) is 10.6 Å². The summed E-state index contributed by atoms with van der Waals surface area (Å²) >= 11 is 0. The van der Waals surface area contributed by atoms with E-state index in [-0.39, 0.29) is 18.8 Å². The summed E-state index contributed by atoms with van der Waals surface area (Å²) < 4.78 is 0. The third-order valence-corrected chi connectivity index (χ3v) is 3.90. The molecule has 0 aromatic rings. The van der Waals surface area contributed by atoms with Crippen molar-refractivity contribution in [1.29, 1.82) is 0 Å². The van der Waals surface area contributed by atoms with Gasteiger partial charge in [0.2, 0.25) is 11.8 Å². The minimum Gasteiger partial charge on any atom is -0.481 e. The first-order chi connectivity index (χ1) is 12.6. The van der Waals surface area contributed by atoms with Crippen molar-refractivity contribution in [2.45, 2.75) is 70.5 Å². The molecule has 0 saturated heterocycles. The Balaban J connectivity index is 5.01. The maximum atomic E-state index is 12.5. The van der Waals surface area contributed by atoms with E-state index >= 15 is 0 Å². The van der Waals surface area contributed by atoms with Crippen LogP contribution in [-0.4, -0.2) is 58.6 Å². The molecule has 0 heterocycles. The zero-order valence-electron chi connectivity index (χ0n) is 15.9. The Kier molecular flexibility index (Phi) is 12.0. The minimum absolute atomic E-state index is 0.197. The summed E-state index contributed by atoms with van der Waals surface area (Å²) in [5, 5.41) is 22.7. The van der Waals surface area contributed by atoms with Crippen molar-refractivity contribution in [3.8, 4) is 0 Å². The number of unbranched alkanes of at least 4 members (excludes halogenated alkanes) is 1. The standard InChI is InChI=1S/C17H32N4O6/c1-10(2)9-11(19)15(24)20-12(5-3-4-8-18)16(25)21-13(17(26)27)6-7-14(22)23/h10-13H,3-9,18-19H2,1-2H3,(H,20,24)(H,21,25)(H,22,23)(H,26,27)/t11-,12-,13-/m0/s1. The van der Waals surface area contributed by atoms with E-state index < -0.39 is 48.3 Å². The number of hydrogen-bond acceptors (Lipinski definition) is 6. The van der Waals surface area contributed by atoms with E-state index in [9.17, 15) is 19.2 Å². The van der Waals surface area contributed by atoms with Crippen LogP contribution in [0.15, 0.2) is 0 Å². The Morgan fingerprint density at radius 2 is 1.52 bits per heavy atom. The Morgan fingerprint density at radius 3 is 2.00 bits per heavy atom. The second-order valence-electron chi connectivity index (χ2n) is 6.91. The van der Waals surface area contributed by atoms with Gasteiger partial charge in [-0.2, -0.15) is 0 Å². The second kappa shape index (κ2) is 13.0. The third-order valence-electron chi connectivity index (χ3n) is 3.90. The van der Waals surface area contributed by atoms with Crippen LogP contribution in [0.25, 0.3) is 0 Å². The van der Waals surface area contributed by atoms with Gasteiger partial charge in [-0.1, -0.05) is 13.8 Å². The fraction of sp³-hybridized carbons (Fsp3) is 0.765. The smallest absolute Gasteiger partial charge is 0.326 e. The Labute approximate surface area is 159 Å². The second-order valence-corrected chi connectivity index (χ2v) is 6.91. The average molecular weight is 388 g/mol. The maximum Gasteiger partial charge on any atom is 0.326 e. The highest BCUT2D eigenvalue weighted by Gasteiger charge is 2.28. The van der Waals surface area contributed by atoms with Crippen molar-refractivity contribution in [2.24, 2.45) is 17.4 Å². The van der Waals surface area contributed by atoms with Crippen molar-refractivity contribution < 1.29 is 29.4 Å². The summed E-state index contributed by atoms with van der Waals surface area (Å²) in [7, 11) is 0. The fourth-order valence-electron chi connectivity index (χ4n) is 2.45. The Bertz CT molecular complexity index is 512. The monoisotopic (exact) mass is 388 g/mol. The fourth-order valence-corrected chi connectivity index (χ4v) is 2.45. The van der Waals surface area contributed by atoms with Gasteiger partial charge in [0.25, 0.3) is 0 Å². The molecule has 0 aliphatic rings. The van der Waals surface area contributed by atoms with Gasteiger partial charge in [-0.25, -0.2) is 4.79 Å². The van der Waals surface area contributed by atoms with Gasteiger partial charge in [0.15, 0.2) is 0 Å². The van der Waals surface area contributed by atoms with Gasteiger partial charge in [-0.05, 0) is 44.6 Å². The molecule has 0 aliphatic heterocycles. The van der Waals surface area contributed by atoms with Gasteiger partial charge in [0.1, 0.15) is 12.1 Å². The van der Waals surface area contributed by atoms with Gasteiger partial charge < -0.3 is 32.3 Å². The van der Waals surface area contributed by atoms with Gasteiger partial charge >= 0.3 is 11.9 Å². The van der Waals surface area contributed by atoms with Gasteiger partial charge in [-0.15, -0.1) is 0 Å². The predicted octanol–water partition coefficient (Wildman–Crippen LogP) is -0.592. The highest BCUT2D eigenvalue weighted by molar-refractivity contribution is 5.91. The van der Waals surface area contributed by atoms with Crippen LogP contribution in [0.1, 0.15) is 52.4 Å². The molecule has 2 amide bonds. The molecule has 0 aliphatic carbocycles. The van der Waals surface area contributed by atoms with Gasteiger partial charge in [-0.3, -0.25) is 14.4 Å². The summed E-state index contributed by atoms with van der Waals surface area (Å²) in [5.74, 6) is -3.48. The van der Waals surface area contributed by atoms with E-state index in [4.69, 9.17) is 21.7 Å². The lowest BCUT2D eigenvalue weighted by Gasteiger charge is -2.23. The third kappa shape index (κ3) is 11.2. The number of nitrogens with one attached hydrogen (secondary N) is 2. The van der Waals surface area contributed by atoms with Crippen LogP contribution in [0.3, 0.4) is 0 Å². The molecule has 0 aromatic carbocycles. The first-order valence-corrected chi connectivity index (χ1v) is 9.09. The first kappa shape index (κ1) is 24.8. The zero-order valence-corrected chi connectivity index (χ0v) is 15.9. The molecule has 10 heteroatoms. The predicted molar refractivity (Wildman–Crippen MR) is 98.7 cm³/mol. The topological polar surface area (TPSA) is 185 Å². The first-order valence-electron chi connectivity index (χ1n) is 9.09. The summed E-state index contributed by atoms with van der Waals surface area (Å²) in [6.07, 6.45) is 1.25. The maximum absolute atomic E-state index is 12.5. The Hall–Kier alpha value is -2.20. The molecule has 27 heavy (non-hydrogen) atoms. The number of carboxylic acids is 2. The van der Waals surface area contributed by atoms with Crippen LogP contribution in [-0.2, 0) is 19.2 Å². The molecule has 0 fully saturated rings. The van der Waals surface area contributed by atoms with Crippen LogP contribution in [0, 0.1) is 5.92 Å². The van der Waals surface area contributed by atoms with E-state index in [1.807, 2.05) is 13.8 Å². The summed E-state index contributed by atoms with van der Waals surface area (Å²) in [4.78, 5) is 46.6. The molecule has 0 radical (unpaired) electrons. The number of carbonyl (C=O) groups is 4. The van der Waals surface area contributed by atoms with Crippen molar-refractivity contribution in [3.63, 3.8) is 0 Å². The molecule has 0 aromatic heterocycles. The lowest BCUT2D eigenvalue weighted by atomic mass is 10.0. The van der Waals surface area contributed by atoms with Crippen molar-refractivity contribution in [2.75, 3.05) is 6.54 Å². The quantitative estimate of drug-likeness (QED) is 0.213. The highest BCUT2D eigenvalue weighted by atomic mass is 16.4. The van der Waals surface area contributed by atoms with E-state index in [0.717, 1.165) is 0 Å². The zero-order chi connectivity index (χ0) is 21.0. The average Bonchev–Trinajstić information content (AvgIpc) is 2.56. The molecule has 8 N–H and O–H groups in total. The van der Waals surface area contributed by atoms with Crippen LogP contribution in [0.5, 0.6) is 0 Å². The number of hydrogen-bond donors (Lipinski definition) is 6. The molecular weight excluding hydrogens is 356 g/mol. The number of aliphatic carboxylic acids is 2. The number of amides is 2. The number of carboxylic acid groups (broad SMARTS) is 2. The Morgan fingerprint density at radius 1 is 0.926 bits per heavy atom. The van der Waals surface area contributed by atoms with Gasteiger partial charge in [0.05, 0.1) is 6.04 Å². The van der Waals surface area contributed by atoms with Gasteiger partial charge in [0, 0.05) is 6.42 Å². The molecule has 10 nitrogen and oxygen atoms in total. The molecule has 0 bridgehead atoms. The van der Waals surface area contributed by atoms with Crippen molar-refractivity contribution in [1.82, 2.24) is 10.6 Å². The van der Waals surface area contributed by atoms with Crippen molar-refractivity contribution >= 4 is 23.8 Å². The number of rotatable bonds is 14. The molecular formula is C17H32N4O6. The highest BCUT2D eigenvalue weighted by Crippen LogP contribution is 2.07. The lowest BCUT2D eigenvalue weighted by molar-refractivity contribution is -0.143. The number of carbonyl (C=O) groups excluding carboxylic acids is 2. The van der Waals surface area contributed by atoms with E-state index in [0.29, 0.717) is 25.8 Å². The molecule has 0 unspecified atom stereocenters. The largest absolute Gasteiger partial charge is 0.481 e. The molecule has 156 valence electrons. The minimum atomic E-state index is -1.35. The summed E-state index contributed by atoms with van der Waals surface area (Å²) in [5.41, 5.74) is 11.3. The van der Waals surface area contributed by atoms with Crippen molar-refractivity contribution in [3.05, 3.63) is 0 Å². The van der Waals surface area contributed by atoms with E-state index in [1.54, 1.807) is 0 Å². The summed E-state index contributed by atoms with van der Waals surface area (Å²) in [6, 6.07) is -3.10. The summed E-state index contributed by atoms with van der Waals surface area (Å²) in [6.45, 7) is 4.25.